The number of rotatable bonds is 4. The predicted octanol–water partition coefficient (Wildman–Crippen LogP) is 3.59. The molecule has 0 saturated carbocycles. The second-order valence-electron chi connectivity index (χ2n) is 7.64. The summed E-state index contributed by atoms with van der Waals surface area (Å²) >= 11 is 0. The number of nitrogens with one attached hydrogen (secondary N) is 2. The van der Waals surface area contributed by atoms with Crippen molar-refractivity contribution < 1.29 is 9.18 Å². The number of hydrogen-bond acceptors (Lipinski definition) is 2. The highest BCUT2D eigenvalue weighted by Crippen LogP contribution is 2.35. The average molecular weight is 332 g/mol. The molecule has 24 heavy (non-hydrogen) atoms. The Balaban J connectivity index is 1.64. The van der Waals surface area contributed by atoms with E-state index in [-0.39, 0.29) is 17.8 Å². The fourth-order valence-corrected chi connectivity index (χ4v) is 4.30. The van der Waals surface area contributed by atoms with Crippen LogP contribution < -0.4 is 10.6 Å². The topological polar surface area (TPSA) is 41.1 Å². The molecule has 132 valence electrons. The minimum Gasteiger partial charge on any atom is -0.349 e. The monoisotopic (exact) mass is 332 g/mol. The van der Waals surface area contributed by atoms with Crippen molar-refractivity contribution in [2.24, 2.45) is 17.8 Å². The molecule has 1 aliphatic carbocycles. The number of fused-ring (bicyclic) bond motifs is 1. The Morgan fingerprint density at radius 3 is 2.83 bits per heavy atom. The van der Waals surface area contributed by atoms with Crippen molar-refractivity contribution in [2.45, 2.75) is 52.0 Å². The van der Waals surface area contributed by atoms with Gasteiger partial charge in [0.2, 0.25) is 5.91 Å². The molecule has 3 rings (SSSR count). The zero-order chi connectivity index (χ0) is 17.1. The minimum atomic E-state index is -0.137. The molecule has 2 aliphatic rings. The van der Waals surface area contributed by atoms with E-state index in [1.54, 1.807) is 6.07 Å². The van der Waals surface area contributed by atoms with Gasteiger partial charge < -0.3 is 10.6 Å². The lowest BCUT2D eigenvalue weighted by Gasteiger charge is -2.33. The van der Waals surface area contributed by atoms with E-state index in [1.807, 2.05) is 6.07 Å². The predicted molar refractivity (Wildman–Crippen MR) is 94.1 cm³/mol. The Bertz CT molecular complexity index is 583. The van der Waals surface area contributed by atoms with Gasteiger partial charge in [0.15, 0.2) is 0 Å². The van der Waals surface area contributed by atoms with Crippen LogP contribution in [0.4, 0.5) is 4.39 Å². The van der Waals surface area contributed by atoms with Crippen LogP contribution in [-0.2, 0) is 11.2 Å². The summed E-state index contributed by atoms with van der Waals surface area (Å²) in [6, 6.07) is 5.18. The molecule has 3 atom stereocenters. The van der Waals surface area contributed by atoms with Crippen molar-refractivity contribution in [1.29, 1.82) is 0 Å². The van der Waals surface area contributed by atoms with Crippen molar-refractivity contribution in [3.63, 3.8) is 0 Å². The van der Waals surface area contributed by atoms with E-state index >= 15 is 0 Å². The third kappa shape index (κ3) is 3.80. The largest absolute Gasteiger partial charge is 0.349 e. The van der Waals surface area contributed by atoms with Gasteiger partial charge in [-0.2, -0.15) is 0 Å². The first-order valence-corrected chi connectivity index (χ1v) is 9.33. The van der Waals surface area contributed by atoms with Gasteiger partial charge in [-0.15, -0.1) is 0 Å². The van der Waals surface area contributed by atoms with Crippen LogP contribution in [0.15, 0.2) is 18.2 Å². The van der Waals surface area contributed by atoms with E-state index < -0.39 is 0 Å². The molecule has 1 saturated heterocycles. The maximum Gasteiger partial charge on any atom is 0.220 e. The summed E-state index contributed by atoms with van der Waals surface area (Å²) in [5, 5.41) is 6.58. The molecule has 0 bridgehead atoms. The molecule has 4 heteroatoms. The third-order valence-corrected chi connectivity index (χ3v) is 5.92. The van der Waals surface area contributed by atoms with Crippen molar-refractivity contribution in [1.82, 2.24) is 10.6 Å². The second kappa shape index (κ2) is 7.64. The number of amides is 1. The van der Waals surface area contributed by atoms with Crippen LogP contribution in [-0.4, -0.2) is 19.0 Å². The number of benzene rings is 1. The minimum absolute atomic E-state index is 0.0582. The van der Waals surface area contributed by atoms with Crippen LogP contribution in [0, 0.1) is 23.6 Å². The summed E-state index contributed by atoms with van der Waals surface area (Å²) in [7, 11) is 0. The van der Waals surface area contributed by atoms with Crippen molar-refractivity contribution >= 4 is 5.91 Å². The first-order valence-electron chi connectivity index (χ1n) is 9.33. The van der Waals surface area contributed by atoms with Gasteiger partial charge in [-0.1, -0.05) is 26.0 Å². The van der Waals surface area contributed by atoms with Crippen LogP contribution in [0.1, 0.15) is 56.7 Å². The lowest BCUT2D eigenvalue weighted by Crippen LogP contribution is -2.38. The number of hydrogen-bond donors (Lipinski definition) is 2. The van der Waals surface area contributed by atoms with Crippen molar-refractivity contribution in [3.8, 4) is 0 Å². The van der Waals surface area contributed by atoms with Gasteiger partial charge in [0.25, 0.3) is 0 Å². The van der Waals surface area contributed by atoms with Crippen molar-refractivity contribution in [2.75, 3.05) is 13.1 Å². The summed E-state index contributed by atoms with van der Waals surface area (Å²) in [6.45, 7) is 6.45. The van der Waals surface area contributed by atoms with E-state index in [0.29, 0.717) is 24.2 Å². The molecule has 3 nitrogen and oxygen atoms in total. The Hall–Kier alpha value is -1.42. The number of halogens is 1. The van der Waals surface area contributed by atoms with Gasteiger partial charge in [-0.05, 0) is 73.7 Å². The number of piperidine rings is 1. The van der Waals surface area contributed by atoms with Crippen LogP contribution in [0.25, 0.3) is 0 Å². The summed E-state index contributed by atoms with van der Waals surface area (Å²) < 4.78 is 14.0. The zero-order valence-electron chi connectivity index (χ0n) is 14.8. The zero-order valence-corrected chi connectivity index (χ0v) is 14.8. The molecule has 1 amide bonds. The summed E-state index contributed by atoms with van der Waals surface area (Å²) in [6.07, 6.45) is 4.56. The smallest absolute Gasteiger partial charge is 0.220 e. The Morgan fingerprint density at radius 2 is 2.08 bits per heavy atom. The van der Waals surface area contributed by atoms with Gasteiger partial charge in [0, 0.05) is 6.42 Å². The van der Waals surface area contributed by atoms with E-state index in [9.17, 15) is 9.18 Å². The lowest BCUT2D eigenvalue weighted by molar-refractivity contribution is -0.123. The lowest BCUT2D eigenvalue weighted by atomic mass is 9.80. The normalized spacial score (nSPS) is 25.8. The quantitative estimate of drug-likeness (QED) is 0.885. The molecule has 1 aromatic rings. The molecule has 1 aliphatic heterocycles. The highest BCUT2D eigenvalue weighted by Gasteiger charge is 2.30. The maximum atomic E-state index is 14.0. The molecular formula is C20H29FN2O. The second-order valence-corrected chi connectivity index (χ2v) is 7.64. The number of carbonyl (C=O) groups excluding carboxylic acids is 1. The van der Waals surface area contributed by atoms with Crippen LogP contribution in [0.5, 0.6) is 0 Å². The van der Waals surface area contributed by atoms with E-state index in [4.69, 9.17) is 0 Å². The van der Waals surface area contributed by atoms with E-state index in [2.05, 4.69) is 24.5 Å². The fourth-order valence-electron chi connectivity index (χ4n) is 4.30. The maximum absolute atomic E-state index is 14.0. The molecule has 1 heterocycles. The Labute approximate surface area is 144 Å². The molecule has 3 unspecified atom stereocenters. The molecular weight excluding hydrogens is 303 g/mol. The summed E-state index contributed by atoms with van der Waals surface area (Å²) in [4.78, 5) is 12.6. The van der Waals surface area contributed by atoms with Gasteiger partial charge in [-0.25, -0.2) is 4.39 Å². The summed E-state index contributed by atoms with van der Waals surface area (Å²) in [5.74, 6) is 1.35. The van der Waals surface area contributed by atoms with Crippen LogP contribution in [0.2, 0.25) is 0 Å². The average Bonchev–Trinajstić information content (AvgIpc) is 2.58. The Morgan fingerprint density at radius 1 is 1.33 bits per heavy atom. The standard InChI is InChI=1S/C20H29FN2O/c1-13-6-7-16-17(4-3-5-18(16)21)20(13)23-19(24)12-14(2)15-8-10-22-11-9-15/h3-5,13-15,20,22H,6-12H2,1-2H3,(H,23,24). The van der Waals surface area contributed by atoms with Gasteiger partial charge in [0.1, 0.15) is 5.82 Å². The molecule has 1 fully saturated rings. The molecule has 0 radical (unpaired) electrons. The number of carbonyl (C=O) groups is 1. The molecule has 1 aromatic carbocycles. The Kier molecular flexibility index (Phi) is 5.54. The fraction of sp³-hybridized carbons (Fsp3) is 0.650. The molecule has 0 spiro atoms. The van der Waals surface area contributed by atoms with Gasteiger partial charge in [0.05, 0.1) is 6.04 Å². The molecule has 2 N–H and O–H groups in total. The third-order valence-electron chi connectivity index (χ3n) is 5.92. The van der Waals surface area contributed by atoms with Crippen LogP contribution in [0.3, 0.4) is 0 Å². The van der Waals surface area contributed by atoms with Gasteiger partial charge >= 0.3 is 0 Å². The SMILES string of the molecule is CC(CC(=O)NC1c2cccc(F)c2CCC1C)C1CCNCC1. The van der Waals surface area contributed by atoms with Crippen molar-refractivity contribution in [3.05, 3.63) is 35.1 Å². The van der Waals surface area contributed by atoms with E-state index in [0.717, 1.165) is 49.9 Å². The highest BCUT2D eigenvalue weighted by atomic mass is 19.1. The van der Waals surface area contributed by atoms with E-state index in [1.165, 1.54) is 6.07 Å². The van der Waals surface area contributed by atoms with Crippen LogP contribution >= 0.6 is 0 Å². The molecule has 0 aromatic heterocycles. The van der Waals surface area contributed by atoms with Gasteiger partial charge in [-0.3, -0.25) is 4.79 Å². The summed E-state index contributed by atoms with van der Waals surface area (Å²) in [5.41, 5.74) is 1.75. The highest BCUT2D eigenvalue weighted by molar-refractivity contribution is 5.76. The first-order chi connectivity index (χ1) is 11.6. The first kappa shape index (κ1) is 17.4.